The van der Waals surface area contributed by atoms with Gasteiger partial charge in [-0.2, -0.15) is 0 Å². The molecule has 1 aliphatic heterocycles. The molecule has 2 aliphatic rings. The van der Waals surface area contributed by atoms with E-state index in [4.69, 9.17) is 5.73 Å². The zero-order valence-electron chi connectivity index (χ0n) is 11.4. The molecule has 0 bridgehead atoms. The molecule has 0 saturated heterocycles. The maximum absolute atomic E-state index is 6.05. The van der Waals surface area contributed by atoms with Crippen LogP contribution in [0.5, 0.6) is 0 Å². The second-order valence-electron chi connectivity index (χ2n) is 6.12. The van der Waals surface area contributed by atoms with Crippen LogP contribution in [0.4, 0.5) is 0 Å². The van der Waals surface area contributed by atoms with Crippen molar-refractivity contribution >= 4 is 0 Å². The third-order valence-corrected chi connectivity index (χ3v) is 4.83. The molecular weight excluding hydrogens is 208 g/mol. The first kappa shape index (κ1) is 13.1. The third-order valence-electron chi connectivity index (χ3n) is 4.83. The van der Waals surface area contributed by atoms with E-state index in [1.54, 1.807) is 5.57 Å². The highest BCUT2D eigenvalue weighted by atomic mass is 15.1. The molecule has 0 aromatic carbocycles. The third kappa shape index (κ3) is 3.56. The van der Waals surface area contributed by atoms with Gasteiger partial charge in [0.1, 0.15) is 0 Å². The minimum Gasteiger partial charge on any atom is -0.330 e. The topological polar surface area (TPSA) is 29.3 Å². The van der Waals surface area contributed by atoms with E-state index < -0.39 is 0 Å². The number of rotatable bonds is 4. The van der Waals surface area contributed by atoms with E-state index in [9.17, 15) is 0 Å². The van der Waals surface area contributed by atoms with Crippen LogP contribution in [0.1, 0.15) is 51.9 Å². The average molecular weight is 236 g/mol. The van der Waals surface area contributed by atoms with Crippen LogP contribution in [-0.4, -0.2) is 31.1 Å². The van der Waals surface area contributed by atoms with Crippen LogP contribution in [0, 0.1) is 5.41 Å². The molecule has 1 aliphatic carbocycles. The van der Waals surface area contributed by atoms with Gasteiger partial charge in [-0.1, -0.05) is 30.9 Å². The minimum absolute atomic E-state index is 0.481. The van der Waals surface area contributed by atoms with Crippen molar-refractivity contribution in [3.63, 3.8) is 0 Å². The molecule has 2 rings (SSSR count). The average Bonchev–Trinajstić information content (AvgIpc) is 2.39. The Morgan fingerprint density at radius 2 is 2.06 bits per heavy atom. The molecule has 0 unspecified atom stereocenters. The summed E-state index contributed by atoms with van der Waals surface area (Å²) in [6.07, 6.45) is 11.9. The van der Waals surface area contributed by atoms with Gasteiger partial charge in [-0.25, -0.2) is 0 Å². The van der Waals surface area contributed by atoms with Crippen molar-refractivity contribution < 1.29 is 0 Å². The van der Waals surface area contributed by atoms with Gasteiger partial charge in [0.25, 0.3) is 0 Å². The molecule has 1 fully saturated rings. The van der Waals surface area contributed by atoms with E-state index in [2.05, 4.69) is 17.9 Å². The van der Waals surface area contributed by atoms with E-state index in [1.807, 2.05) is 0 Å². The summed E-state index contributed by atoms with van der Waals surface area (Å²) in [5.74, 6) is 0. The lowest BCUT2D eigenvalue weighted by Gasteiger charge is -2.38. The van der Waals surface area contributed by atoms with Gasteiger partial charge in [-0.3, -0.25) is 4.90 Å². The van der Waals surface area contributed by atoms with Crippen molar-refractivity contribution in [1.29, 1.82) is 0 Å². The lowest BCUT2D eigenvalue weighted by Crippen LogP contribution is -2.38. The Balaban J connectivity index is 1.79. The molecular formula is C15H28N2. The van der Waals surface area contributed by atoms with Crippen LogP contribution in [0.15, 0.2) is 11.6 Å². The fourth-order valence-corrected chi connectivity index (χ4v) is 3.27. The second kappa shape index (κ2) is 6.01. The van der Waals surface area contributed by atoms with E-state index in [-0.39, 0.29) is 0 Å². The van der Waals surface area contributed by atoms with Gasteiger partial charge in [-0.05, 0) is 51.1 Å². The Morgan fingerprint density at radius 1 is 1.29 bits per heavy atom. The van der Waals surface area contributed by atoms with Gasteiger partial charge in [-0.15, -0.1) is 0 Å². The molecule has 2 heteroatoms. The van der Waals surface area contributed by atoms with Crippen LogP contribution < -0.4 is 5.73 Å². The van der Waals surface area contributed by atoms with Crippen molar-refractivity contribution in [3.8, 4) is 0 Å². The van der Waals surface area contributed by atoms with Crippen molar-refractivity contribution in [1.82, 2.24) is 4.90 Å². The Labute approximate surface area is 106 Å². The highest BCUT2D eigenvalue weighted by molar-refractivity contribution is 5.03. The molecule has 2 nitrogen and oxygen atoms in total. The van der Waals surface area contributed by atoms with Gasteiger partial charge in [0.2, 0.25) is 0 Å². The van der Waals surface area contributed by atoms with Crippen molar-refractivity contribution in [2.24, 2.45) is 11.1 Å². The van der Waals surface area contributed by atoms with Crippen molar-refractivity contribution in [3.05, 3.63) is 11.6 Å². The SMILES string of the molecule is CC1=CCN(CCC2(CN)CCCCC2)CC1. The molecule has 0 aromatic heterocycles. The summed E-state index contributed by atoms with van der Waals surface area (Å²) in [6, 6.07) is 0. The largest absolute Gasteiger partial charge is 0.330 e. The van der Waals surface area contributed by atoms with E-state index in [0.29, 0.717) is 5.41 Å². The second-order valence-corrected chi connectivity index (χ2v) is 6.12. The summed E-state index contributed by atoms with van der Waals surface area (Å²) in [5, 5.41) is 0. The van der Waals surface area contributed by atoms with Gasteiger partial charge in [0.15, 0.2) is 0 Å². The minimum atomic E-state index is 0.481. The zero-order chi connectivity index (χ0) is 12.1. The quantitative estimate of drug-likeness (QED) is 0.760. The molecule has 98 valence electrons. The highest BCUT2D eigenvalue weighted by Gasteiger charge is 2.30. The van der Waals surface area contributed by atoms with Gasteiger partial charge in [0, 0.05) is 13.1 Å². The summed E-state index contributed by atoms with van der Waals surface area (Å²) in [5.41, 5.74) is 8.09. The smallest absolute Gasteiger partial charge is 0.0165 e. The first-order chi connectivity index (χ1) is 8.24. The van der Waals surface area contributed by atoms with Gasteiger partial charge < -0.3 is 5.73 Å². The van der Waals surface area contributed by atoms with Crippen LogP contribution in [0.2, 0.25) is 0 Å². The Kier molecular flexibility index (Phi) is 4.63. The lowest BCUT2D eigenvalue weighted by molar-refractivity contribution is 0.150. The van der Waals surface area contributed by atoms with E-state index >= 15 is 0 Å². The summed E-state index contributed by atoms with van der Waals surface area (Å²) < 4.78 is 0. The van der Waals surface area contributed by atoms with E-state index in [0.717, 1.165) is 13.1 Å². The summed E-state index contributed by atoms with van der Waals surface area (Å²) in [6.45, 7) is 6.81. The normalized spacial score (nSPS) is 25.6. The monoisotopic (exact) mass is 236 g/mol. The first-order valence-corrected chi connectivity index (χ1v) is 7.32. The zero-order valence-corrected chi connectivity index (χ0v) is 11.4. The maximum Gasteiger partial charge on any atom is 0.0165 e. The molecule has 17 heavy (non-hydrogen) atoms. The summed E-state index contributed by atoms with van der Waals surface area (Å²) in [7, 11) is 0. The molecule has 0 atom stereocenters. The molecule has 0 radical (unpaired) electrons. The van der Waals surface area contributed by atoms with Crippen LogP contribution in [0.25, 0.3) is 0 Å². The van der Waals surface area contributed by atoms with E-state index in [1.165, 1.54) is 58.0 Å². The van der Waals surface area contributed by atoms with Crippen molar-refractivity contribution in [2.75, 3.05) is 26.2 Å². The van der Waals surface area contributed by atoms with Crippen LogP contribution >= 0.6 is 0 Å². The number of hydrogen-bond acceptors (Lipinski definition) is 2. The maximum atomic E-state index is 6.05. The molecule has 1 heterocycles. The Bertz CT molecular complexity index is 264. The number of nitrogens with zero attached hydrogens (tertiary/aromatic N) is 1. The fraction of sp³-hybridized carbons (Fsp3) is 0.867. The lowest BCUT2D eigenvalue weighted by atomic mass is 9.72. The first-order valence-electron chi connectivity index (χ1n) is 7.32. The molecule has 0 spiro atoms. The van der Waals surface area contributed by atoms with Crippen LogP contribution in [-0.2, 0) is 0 Å². The standard InChI is InChI=1S/C15H28N2/c1-14-5-10-17(11-6-14)12-9-15(13-16)7-3-2-4-8-15/h5H,2-4,6-13,16H2,1H3. The fourth-order valence-electron chi connectivity index (χ4n) is 3.27. The molecule has 0 amide bonds. The molecule has 2 N–H and O–H groups in total. The predicted molar refractivity (Wildman–Crippen MR) is 74.0 cm³/mol. The number of hydrogen-bond donors (Lipinski definition) is 1. The molecule has 0 aromatic rings. The Hall–Kier alpha value is -0.340. The molecule has 1 saturated carbocycles. The predicted octanol–water partition coefficient (Wildman–Crippen LogP) is 2.94. The Morgan fingerprint density at radius 3 is 2.65 bits per heavy atom. The summed E-state index contributed by atoms with van der Waals surface area (Å²) in [4.78, 5) is 2.60. The van der Waals surface area contributed by atoms with Crippen LogP contribution in [0.3, 0.4) is 0 Å². The summed E-state index contributed by atoms with van der Waals surface area (Å²) >= 11 is 0. The number of nitrogens with two attached hydrogens (primary N) is 1. The van der Waals surface area contributed by atoms with Gasteiger partial charge in [0.05, 0.1) is 0 Å². The highest BCUT2D eigenvalue weighted by Crippen LogP contribution is 2.38. The van der Waals surface area contributed by atoms with Gasteiger partial charge >= 0.3 is 0 Å². The van der Waals surface area contributed by atoms with Crippen molar-refractivity contribution in [2.45, 2.75) is 51.9 Å².